The van der Waals surface area contributed by atoms with Crippen LogP contribution < -0.4 is 4.90 Å². The van der Waals surface area contributed by atoms with E-state index in [1.54, 1.807) is 17.3 Å². The van der Waals surface area contributed by atoms with Crippen molar-refractivity contribution in [3.8, 4) is 10.6 Å². The number of hydrogen-bond acceptors (Lipinski definition) is 5. The van der Waals surface area contributed by atoms with Crippen molar-refractivity contribution in [2.75, 3.05) is 11.4 Å². The van der Waals surface area contributed by atoms with E-state index in [0.29, 0.717) is 18.1 Å². The maximum atomic E-state index is 11.7. The average molecular weight is 262 g/mol. The molecule has 0 aliphatic carbocycles. The second kappa shape index (κ2) is 5.68. The molecular formula is C12H14N4OS. The second-order valence-electron chi connectivity index (χ2n) is 3.62. The zero-order chi connectivity index (χ0) is 13.0. The molecule has 2 aromatic heterocycles. The third-order valence-corrected chi connectivity index (χ3v) is 3.47. The fraction of sp³-hybridized carbons (Fsp3) is 0.333. The molecule has 18 heavy (non-hydrogen) atoms. The SMILES string of the molecule is CCC(=O)N(CC)c1nnc(-c2cccnc2)s1. The smallest absolute Gasteiger partial charge is 0.228 e. The highest BCUT2D eigenvalue weighted by molar-refractivity contribution is 7.18. The topological polar surface area (TPSA) is 59.0 Å². The Balaban J connectivity index is 2.27. The third kappa shape index (κ3) is 2.53. The lowest BCUT2D eigenvalue weighted by molar-refractivity contribution is -0.118. The van der Waals surface area contributed by atoms with Crippen molar-refractivity contribution in [2.45, 2.75) is 20.3 Å². The van der Waals surface area contributed by atoms with Gasteiger partial charge in [0.15, 0.2) is 5.01 Å². The molecule has 0 aliphatic rings. The molecule has 5 nitrogen and oxygen atoms in total. The molecule has 0 aliphatic heterocycles. The minimum atomic E-state index is 0.0615. The van der Waals surface area contributed by atoms with Gasteiger partial charge in [0.1, 0.15) is 0 Å². The molecule has 1 amide bonds. The highest BCUT2D eigenvalue weighted by Gasteiger charge is 2.17. The Hall–Kier alpha value is -1.82. The van der Waals surface area contributed by atoms with E-state index in [2.05, 4.69) is 15.2 Å². The van der Waals surface area contributed by atoms with Gasteiger partial charge in [-0.05, 0) is 19.1 Å². The summed E-state index contributed by atoms with van der Waals surface area (Å²) in [5.74, 6) is 0.0615. The van der Waals surface area contributed by atoms with Crippen LogP contribution in [0.4, 0.5) is 5.13 Å². The Morgan fingerprint density at radius 1 is 1.39 bits per heavy atom. The summed E-state index contributed by atoms with van der Waals surface area (Å²) in [4.78, 5) is 17.4. The third-order valence-electron chi connectivity index (χ3n) is 2.47. The Morgan fingerprint density at radius 2 is 2.22 bits per heavy atom. The molecule has 0 saturated heterocycles. The molecule has 0 fully saturated rings. The van der Waals surface area contributed by atoms with Gasteiger partial charge >= 0.3 is 0 Å². The lowest BCUT2D eigenvalue weighted by Gasteiger charge is -2.15. The molecule has 0 saturated carbocycles. The lowest BCUT2D eigenvalue weighted by Crippen LogP contribution is -2.29. The summed E-state index contributed by atoms with van der Waals surface area (Å²) < 4.78 is 0. The predicted octanol–water partition coefficient (Wildman–Crippen LogP) is 2.36. The minimum Gasteiger partial charge on any atom is -0.287 e. The highest BCUT2D eigenvalue weighted by atomic mass is 32.1. The van der Waals surface area contributed by atoms with E-state index in [4.69, 9.17) is 0 Å². The van der Waals surface area contributed by atoms with Crippen molar-refractivity contribution in [1.82, 2.24) is 15.2 Å². The molecule has 94 valence electrons. The molecular weight excluding hydrogens is 248 g/mol. The molecule has 2 aromatic rings. The van der Waals surface area contributed by atoms with Crippen LogP contribution in [0.3, 0.4) is 0 Å². The van der Waals surface area contributed by atoms with Gasteiger partial charge in [0, 0.05) is 30.9 Å². The van der Waals surface area contributed by atoms with E-state index in [0.717, 1.165) is 10.6 Å². The van der Waals surface area contributed by atoms with Gasteiger partial charge in [-0.15, -0.1) is 10.2 Å². The van der Waals surface area contributed by atoms with E-state index in [1.807, 2.05) is 26.0 Å². The van der Waals surface area contributed by atoms with Crippen molar-refractivity contribution < 1.29 is 4.79 Å². The largest absolute Gasteiger partial charge is 0.287 e. The Kier molecular flexibility index (Phi) is 3.99. The Bertz CT molecular complexity index is 526. The van der Waals surface area contributed by atoms with Crippen LogP contribution in [-0.4, -0.2) is 27.6 Å². The van der Waals surface area contributed by atoms with Gasteiger partial charge in [0.2, 0.25) is 11.0 Å². The quantitative estimate of drug-likeness (QED) is 0.848. The summed E-state index contributed by atoms with van der Waals surface area (Å²) in [6, 6.07) is 3.78. The normalized spacial score (nSPS) is 10.3. The number of carbonyl (C=O) groups is 1. The maximum absolute atomic E-state index is 11.7. The number of pyridine rings is 1. The van der Waals surface area contributed by atoms with Gasteiger partial charge in [-0.3, -0.25) is 14.7 Å². The van der Waals surface area contributed by atoms with E-state index >= 15 is 0 Å². The second-order valence-corrected chi connectivity index (χ2v) is 4.58. The number of anilines is 1. The summed E-state index contributed by atoms with van der Waals surface area (Å²) in [6.45, 7) is 4.38. The summed E-state index contributed by atoms with van der Waals surface area (Å²) in [6.07, 6.45) is 3.92. The van der Waals surface area contributed by atoms with Crippen LogP contribution in [0.5, 0.6) is 0 Å². The fourth-order valence-electron chi connectivity index (χ4n) is 1.54. The number of carbonyl (C=O) groups excluding carboxylic acids is 1. The zero-order valence-corrected chi connectivity index (χ0v) is 11.1. The van der Waals surface area contributed by atoms with Gasteiger partial charge in [0.25, 0.3) is 0 Å². The average Bonchev–Trinajstić information content (AvgIpc) is 2.90. The number of nitrogens with zero attached hydrogens (tertiary/aromatic N) is 4. The monoisotopic (exact) mass is 262 g/mol. The van der Waals surface area contributed by atoms with Crippen LogP contribution in [0.1, 0.15) is 20.3 Å². The molecule has 0 bridgehead atoms. The fourth-order valence-corrected chi connectivity index (χ4v) is 2.46. The maximum Gasteiger partial charge on any atom is 0.228 e. The van der Waals surface area contributed by atoms with Crippen LogP contribution in [0, 0.1) is 0 Å². The minimum absolute atomic E-state index is 0.0615. The van der Waals surface area contributed by atoms with E-state index < -0.39 is 0 Å². The molecule has 2 rings (SSSR count). The first-order chi connectivity index (χ1) is 8.76. The van der Waals surface area contributed by atoms with Gasteiger partial charge in [-0.1, -0.05) is 18.3 Å². The molecule has 0 N–H and O–H groups in total. The van der Waals surface area contributed by atoms with Crippen molar-refractivity contribution in [2.24, 2.45) is 0 Å². The summed E-state index contributed by atoms with van der Waals surface area (Å²) >= 11 is 1.41. The van der Waals surface area contributed by atoms with Crippen molar-refractivity contribution in [1.29, 1.82) is 0 Å². The van der Waals surface area contributed by atoms with Gasteiger partial charge < -0.3 is 0 Å². The molecule has 0 unspecified atom stereocenters. The number of rotatable bonds is 4. The van der Waals surface area contributed by atoms with Crippen molar-refractivity contribution in [3.05, 3.63) is 24.5 Å². The van der Waals surface area contributed by atoms with Gasteiger partial charge in [0.05, 0.1) is 0 Å². The van der Waals surface area contributed by atoms with Crippen molar-refractivity contribution in [3.63, 3.8) is 0 Å². The zero-order valence-electron chi connectivity index (χ0n) is 10.3. The molecule has 0 spiro atoms. The number of aromatic nitrogens is 3. The Labute approximate surface area is 110 Å². The molecule has 0 radical (unpaired) electrons. The lowest BCUT2D eigenvalue weighted by atomic mass is 10.3. The molecule has 2 heterocycles. The number of amides is 1. The van der Waals surface area contributed by atoms with Crippen LogP contribution in [0.15, 0.2) is 24.5 Å². The van der Waals surface area contributed by atoms with Gasteiger partial charge in [-0.25, -0.2) is 0 Å². The first kappa shape index (κ1) is 12.6. The highest BCUT2D eigenvalue weighted by Crippen LogP contribution is 2.28. The molecule has 0 aromatic carbocycles. The van der Waals surface area contributed by atoms with Crippen LogP contribution in [-0.2, 0) is 4.79 Å². The van der Waals surface area contributed by atoms with E-state index in [9.17, 15) is 4.79 Å². The summed E-state index contributed by atoms with van der Waals surface area (Å²) in [5, 5.41) is 9.61. The summed E-state index contributed by atoms with van der Waals surface area (Å²) in [7, 11) is 0. The predicted molar refractivity (Wildman–Crippen MR) is 71.5 cm³/mol. The van der Waals surface area contributed by atoms with Crippen LogP contribution in [0.25, 0.3) is 10.6 Å². The van der Waals surface area contributed by atoms with Crippen LogP contribution >= 0.6 is 11.3 Å². The van der Waals surface area contributed by atoms with Crippen LogP contribution in [0.2, 0.25) is 0 Å². The first-order valence-electron chi connectivity index (χ1n) is 5.80. The van der Waals surface area contributed by atoms with Crippen molar-refractivity contribution >= 4 is 22.4 Å². The summed E-state index contributed by atoms with van der Waals surface area (Å²) in [5.41, 5.74) is 0.918. The number of hydrogen-bond donors (Lipinski definition) is 0. The van der Waals surface area contributed by atoms with Gasteiger partial charge in [-0.2, -0.15) is 0 Å². The van der Waals surface area contributed by atoms with E-state index in [1.165, 1.54) is 11.3 Å². The van der Waals surface area contributed by atoms with E-state index in [-0.39, 0.29) is 5.91 Å². The Morgan fingerprint density at radius 3 is 2.83 bits per heavy atom. The first-order valence-corrected chi connectivity index (χ1v) is 6.62. The standard InChI is InChI=1S/C12H14N4OS/c1-3-10(17)16(4-2)12-15-14-11(18-12)9-6-5-7-13-8-9/h5-8H,3-4H2,1-2H3. The molecule has 6 heteroatoms. The molecule has 0 atom stereocenters.